The largest absolute Gasteiger partial charge is 0.461 e. The lowest BCUT2D eigenvalue weighted by Gasteiger charge is -2.50. The van der Waals surface area contributed by atoms with Gasteiger partial charge in [0.2, 0.25) is 11.8 Å². The van der Waals surface area contributed by atoms with Gasteiger partial charge in [-0.2, -0.15) is 23.5 Å². The van der Waals surface area contributed by atoms with E-state index in [0.29, 0.717) is 49.4 Å². The minimum absolute atomic E-state index is 0.0163. The molecule has 1 aromatic rings. The van der Waals surface area contributed by atoms with E-state index in [2.05, 4.69) is 20.9 Å². The summed E-state index contributed by atoms with van der Waals surface area (Å²) in [5, 5.41) is 242. The van der Waals surface area contributed by atoms with Crippen LogP contribution < -0.4 is 16.0 Å². The van der Waals surface area contributed by atoms with E-state index in [1.807, 2.05) is 39.2 Å². The molecule has 23 N–H and O–H groups in total. The zero-order valence-corrected chi connectivity index (χ0v) is 77.5. The average molecular weight is 1960 g/mol. The lowest BCUT2D eigenvalue weighted by atomic mass is 9.72. The molecule has 49 heteroatoms. The van der Waals surface area contributed by atoms with Crippen LogP contribution in [-0.2, 0) is 95.0 Å². The van der Waals surface area contributed by atoms with E-state index < -0.39 is 307 Å². The van der Waals surface area contributed by atoms with Crippen molar-refractivity contribution in [3.8, 4) is 0 Å². The Balaban J connectivity index is 0.737. The van der Waals surface area contributed by atoms with Crippen LogP contribution in [0.4, 0.5) is 0 Å². The molecular weight excluding hydrogens is 1830 g/mol. The Kier molecular flexibility index (Phi) is 40.3. The molecule has 2 amide bonds. The summed E-state index contributed by atoms with van der Waals surface area (Å²) >= 11 is 3.74. The molecule has 15 unspecified atom stereocenters. The van der Waals surface area contributed by atoms with Crippen molar-refractivity contribution >= 4 is 86.1 Å². The van der Waals surface area contributed by atoms with Crippen molar-refractivity contribution in [1.82, 2.24) is 20.9 Å². The molecule has 44 nitrogen and oxygen atoms in total. The molecule has 0 aliphatic carbocycles. The second-order valence-corrected chi connectivity index (χ2v) is 41.4. The summed E-state index contributed by atoms with van der Waals surface area (Å²) < 4.78 is 96.2. The van der Waals surface area contributed by atoms with Gasteiger partial charge in [-0.05, 0) is 70.4 Å². The molecule has 23 aliphatic heterocycles. The van der Waals surface area contributed by atoms with Crippen LogP contribution in [0.2, 0.25) is 0 Å². The number of carbonyl (C=O) groups excluding carboxylic acids is 4. The van der Waals surface area contributed by atoms with Crippen LogP contribution in [0.25, 0.3) is 6.08 Å². The van der Waals surface area contributed by atoms with Gasteiger partial charge < -0.3 is 194 Å². The Labute approximate surface area is 771 Å². The number of aliphatic hydroxyl groups excluding tert-OH is 20. The zero-order valence-electron chi connectivity index (χ0n) is 73.4. The van der Waals surface area contributed by atoms with Crippen molar-refractivity contribution in [3.05, 3.63) is 21.7 Å². The number of hydrogen-bond acceptors (Lipinski definition) is 47. The highest BCUT2D eigenvalue weighted by atomic mass is 33.1. The average Bonchev–Trinajstić information content (AvgIpc) is 1.69. The standard InChI is InChI=1S/C81H132N4O40S5/c1-10-126-29-43-69-54(99)61(106)78(115-43)121-67-41(25-89)111-75(57(102)50(67)95)120-66-40(24-88)114-77(60(105)53(66)98)124-70-44(116-79(62(107)55(70)100)122-68-42(26-90)112-74(58(103)51(68)96)118-64-38(22-86)110-73(56(101)49(64)94)119-65-39(23-87)113-76(123-69)59(104)52(65)97)30-127-28-37(82-9)72(109)83-16-18-130-129-17-12-14-48(93)117-63-31(2)13-11-15-81(8)46(125-81)20-36(32(3)19-35-27-128-34(5)84-35)85-47(92)21-45(91)80(6,7)71(108)33(63)4/h19,27,31,33,36-46,49-70,73-79,82,86-91,94-107H,10-18,20-26,28-30H2,1-9H3,(H,83,109)(H,85,92)/b32-19+/t31-,33+,36-,37?,38?,39?,40?,41?,42?,43?,44?,45-,46-,49+,50+,51+,52+,53+,54+,55+,56?,57?,58?,59?,60?,61?,62?,63-,64+,65-,66+,67+,68+,69+,70+,73+,74+,75+,76+,77+,78+,79+,81+/m0/s1. The molecule has 14 bridgehead atoms. The van der Waals surface area contributed by atoms with E-state index in [1.54, 1.807) is 27.7 Å². The number of esters is 1. The molecule has 746 valence electrons. The van der Waals surface area contributed by atoms with E-state index in [9.17, 15) is 121 Å². The van der Waals surface area contributed by atoms with Crippen LogP contribution in [0, 0.1) is 24.2 Å². The van der Waals surface area contributed by atoms with Gasteiger partial charge in [0.25, 0.3) is 0 Å². The van der Waals surface area contributed by atoms with E-state index in [1.165, 1.54) is 51.7 Å². The molecule has 24 heterocycles. The summed E-state index contributed by atoms with van der Waals surface area (Å²) in [7, 11) is 4.36. The number of Topliss-reactive ketones (excluding diaryl/α,β-unsaturated/α-hetero) is 1. The maximum absolute atomic E-state index is 14.5. The van der Waals surface area contributed by atoms with Crippen LogP contribution in [0.1, 0.15) is 104 Å². The van der Waals surface area contributed by atoms with Gasteiger partial charge in [-0.1, -0.05) is 62.6 Å². The quantitative estimate of drug-likeness (QED) is 0.0187. The van der Waals surface area contributed by atoms with Crippen LogP contribution >= 0.6 is 56.4 Å². The third kappa shape index (κ3) is 25.6. The highest BCUT2D eigenvalue weighted by Crippen LogP contribution is 2.47. The first-order chi connectivity index (χ1) is 61.8. The molecular formula is C81H132N4O40S5. The maximum atomic E-state index is 14.5. The third-order valence-corrected chi connectivity index (χ3v) is 31.0. The Hall–Kier alpha value is -2.59. The van der Waals surface area contributed by atoms with Gasteiger partial charge in [-0.3, -0.25) is 19.2 Å². The second kappa shape index (κ2) is 48.5. The first-order valence-corrected chi connectivity index (χ1v) is 49.5. The summed E-state index contributed by atoms with van der Waals surface area (Å²) in [5.74, 6) is -2.07. The number of nitrogens with zero attached hydrogens (tertiary/aromatic N) is 1. The van der Waals surface area contributed by atoms with Crippen molar-refractivity contribution in [1.29, 1.82) is 0 Å². The molecule has 130 heavy (non-hydrogen) atoms. The summed E-state index contributed by atoms with van der Waals surface area (Å²) in [5.41, 5.74) is -0.239. The van der Waals surface area contributed by atoms with Crippen LogP contribution in [0.5, 0.6) is 0 Å². The number of ketones is 1. The van der Waals surface area contributed by atoms with Gasteiger partial charge in [-0.15, -0.1) is 11.3 Å². The molecule has 0 radical (unpaired) electrons. The fourth-order valence-corrected chi connectivity index (χ4v) is 22.0. The number of nitrogens with one attached hydrogen (secondary N) is 3. The van der Waals surface area contributed by atoms with E-state index >= 15 is 0 Å². The number of amides is 2. The van der Waals surface area contributed by atoms with E-state index in [4.69, 9.17) is 75.8 Å². The van der Waals surface area contributed by atoms with Crippen molar-refractivity contribution in [2.24, 2.45) is 17.3 Å². The smallest absolute Gasteiger partial charge is 0.306 e. The predicted octanol–water partition coefficient (Wildman–Crippen LogP) is -7.25. The van der Waals surface area contributed by atoms with Gasteiger partial charge in [0.05, 0.1) is 104 Å². The molecule has 23 saturated heterocycles. The zero-order chi connectivity index (χ0) is 94.8. The minimum atomic E-state index is -2.26. The Morgan fingerprint density at radius 1 is 0.569 bits per heavy atom. The van der Waals surface area contributed by atoms with Crippen molar-refractivity contribution in [2.45, 2.75) is 351 Å². The fourth-order valence-electron chi connectivity index (χ4n) is 17.6. The minimum Gasteiger partial charge on any atom is -0.461 e. The molecule has 23 aliphatic rings. The number of likely N-dealkylation sites (N-methyl/N-ethyl adjacent to an activating group) is 1. The van der Waals surface area contributed by atoms with Gasteiger partial charge >= 0.3 is 5.97 Å². The number of ether oxygens (including phenoxy) is 16. The first kappa shape index (κ1) is 108. The Bertz CT molecular complexity index is 3750. The number of aryl methyl sites for hydroxylation is 1. The highest BCUT2D eigenvalue weighted by Gasteiger charge is 2.61. The normalized spacial score (nSPS) is 44.8. The predicted molar refractivity (Wildman–Crippen MR) is 456 cm³/mol. The molecule has 0 aromatic carbocycles. The molecule has 23 fully saturated rings. The van der Waals surface area contributed by atoms with Crippen LogP contribution in [-0.4, -0.2) is 463 Å². The van der Waals surface area contributed by atoms with Crippen molar-refractivity contribution in [2.75, 3.05) is 81.1 Å². The summed E-state index contributed by atoms with van der Waals surface area (Å²) in [4.78, 5) is 60.3. The number of aromatic nitrogens is 1. The number of thiazole rings is 1. The SMILES string of the molecule is CCSCC1O[C@@H]2O[C@@H]3C(CO)O[C@H](O[C@@H]4C(CO)O[C@H](O[C@@H]5C(CSCC(NC)C(=O)NCCSSCCCC(=O)O[C@H]6[C@@H](C)CCC[C@@]7(C)O[C@H]7C[C@@H](/C(C)=C/c7csc(C)n7)NC(=O)C[C@H](O)C(C)(C)C(=O)[C@@H]6C)O[C@H](O[C@@H]6C(CO)O[C@H](O[C@@H]7C(CO)O[C@H](O[C@H]8C(CO)O[C@H](O[C@H]1[C@H](O)C2O)C(O)[C@H]8O)C(O)[C@H]7O)C(O)[C@H]6O)C(O)[C@H]5O)C(O)[C@H]4O)C(O)[C@H]3O. The second-order valence-electron chi connectivity index (χ2n) is 35.2. The molecule has 24 rings (SSSR count). The van der Waals surface area contributed by atoms with Gasteiger partial charge in [0.1, 0.15) is 171 Å². The van der Waals surface area contributed by atoms with Crippen molar-refractivity contribution < 1.29 is 197 Å². The lowest BCUT2D eigenvalue weighted by Crippen LogP contribution is -2.68. The summed E-state index contributed by atoms with van der Waals surface area (Å²) in [6.45, 7) is 9.30. The number of thioether (sulfide) groups is 2. The van der Waals surface area contributed by atoms with Crippen molar-refractivity contribution in [3.63, 3.8) is 0 Å². The number of aliphatic hydroxyl groups is 20. The lowest BCUT2D eigenvalue weighted by molar-refractivity contribution is -0.395. The van der Waals surface area contributed by atoms with Gasteiger partial charge in [-0.25, -0.2) is 4.98 Å². The van der Waals surface area contributed by atoms with Gasteiger partial charge in [0.15, 0.2) is 44.0 Å². The van der Waals surface area contributed by atoms with Gasteiger partial charge in [0, 0.05) is 53.5 Å². The molecule has 43 atom stereocenters. The topological polar surface area (TPSA) is 673 Å². The Morgan fingerprint density at radius 3 is 1.33 bits per heavy atom. The number of rotatable bonds is 25. The monoisotopic (exact) mass is 1960 g/mol. The number of fused-ring (bicyclic) bond motifs is 1. The Morgan fingerprint density at radius 2 is 0.954 bits per heavy atom. The number of hydrogen-bond donors (Lipinski definition) is 23. The summed E-state index contributed by atoms with van der Waals surface area (Å²) in [6, 6.07) is -1.37. The summed E-state index contributed by atoms with van der Waals surface area (Å²) in [6.07, 6.45) is -67.7. The maximum Gasteiger partial charge on any atom is 0.306 e. The third-order valence-electron chi connectivity index (χ3n) is 25.6. The molecule has 0 spiro atoms. The number of carbonyl (C=O) groups is 4. The van der Waals surface area contributed by atoms with E-state index in [0.717, 1.165) is 28.0 Å². The molecule has 0 saturated carbocycles. The van der Waals surface area contributed by atoms with E-state index in [-0.39, 0.29) is 54.5 Å². The van der Waals surface area contributed by atoms with Crippen LogP contribution in [0.3, 0.4) is 0 Å². The molecule has 1 aromatic heterocycles. The number of epoxide rings is 1. The highest BCUT2D eigenvalue weighted by molar-refractivity contribution is 8.76. The van der Waals surface area contributed by atoms with Crippen LogP contribution in [0.15, 0.2) is 11.0 Å². The fraction of sp³-hybridized carbons (Fsp3) is 0.889. The first-order valence-electron chi connectivity index (χ1n) is 43.8.